The zero-order valence-corrected chi connectivity index (χ0v) is 20.6. The van der Waals surface area contributed by atoms with Crippen molar-refractivity contribution < 1.29 is 19.1 Å². The summed E-state index contributed by atoms with van der Waals surface area (Å²) in [4.78, 5) is 29.4. The molecule has 0 aromatic carbocycles. The summed E-state index contributed by atoms with van der Waals surface area (Å²) in [5.74, 6) is 0.795. The Balaban J connectivity index is 0.000000562. The molecule has 7 nitrogen and oxygen atoms in total. The van der Waals surface area contributed by atoms with Gasteiger partial charge in [0.1, 0.15) is 11.2 Å². The smallest absolute Gasteiger partial charge is 0.410 e. The van der Waals surface area contributed by atoms with Crippen LogP contribution in [0, 0.1) is 5.92 Å². The fourth-order valence-electron chi connectivity index (χ4n) is 3.42. The molecular formula is C24H49N3O4. The van der Waals surface area contributed by atoms with Crippen LogP contribution in [0.2, 0.25) is 0 Å². The Kier molecular flexibility index (Phi) is 12.5. The zero-order chi connectivity index (χ0) is 22.9. The summed E-state index contributed by atoms with van der Waals surface area (Å²) in [5, 5.41) is 0. The number of hydrogen-bond acceptors (Lipinski definition) is 5. The first-order valence-corrected chi connectivity index (χ1v) is 11.5. The molecule has 2 fully saturated rings. The molecule has 2 aliphatic heterocycles. The Morgan fingerprint density at radius 2 is 1.13 bits per heavy atom. The molecule has 7 heteroatoms. The van der Waals surface area contributed by atoms with Crippen molar-refractivity contribution in [2.45, 2.75) is 93.3 Å². The number of nitrogens with zero attached hydrogens (tertiary/aromatic N) is 3. The van der Waals surface area contributed by atoms with Gasteiger partial charge in [0.15, 0.2) is 0 Å². The van der Waals surface area contributed by atoms with Crippen molar-refractivity contribution in [2.24, 2.45) is 5.92 Å². The van der Waals surface area contributed by atoms with Crippen LogP contribution < -0.4 is 0 Å². The van der Waals surface area contributed by atoms with Crippen LogP contribution in [-0.2, 0) is 9.47 Å². The van der Waals surface area contributed by atoms with Crippen molar-refractivity contribution in [3.8, 4) is 0 Å². The van der Waals surface area contributed by atoms with Crippen molar-refractivity contribution in [3.05, 3.63) is 0 Å². The molecule has 0 spiro atoms. The highest BCUT2D eigenvalue weighted by atomic mass is 16.6. The predicted octanol–water partition coefficient (Wildman–Crippen LogP) is 5.24. The van der Waals surface area contributed by atoms with Crippen molar-refractivity contribution in [1.82, 2.24) is 14.7 Å². The van der Waals surface area contributed by atoms with Gasteiger partial charge in [-0.2, -0.15) is 0 Å². The number of carbonyl (C=O) groups is 2. The minimum absolute atomic E-state index is 0. The van der Waals surface area contributed by atoms with E-state index in [2.05, 4.69) is 18.7 Å². The highest BCUT2D eigenvalue weighted by Gasteiger charge is 2.26. The second-order valence-corrected chi connectivity index (χ2v) is 10.2. The van der Waals surface area contributed by atoms with E-state index in [1.165, 1.54) is 6.42 Å². The topological polar surface area (TPSA) is 62.3 Å². The van der Waals surface area contributed by atoms with Crippen LogP contribution in [0.1, 0.15) is 82.1 Å². The van der Waals surface area contributed by atoms with E-state index in [0.717, 1.165) is 64.6 Å². The fraction of sp³-hybridized carbons (Fsp3) is 0.917. The van der Waals surface area contributed by atoms with Gasteiger partial charge in [-0.15, -0.1) is 0 Å². The van der Waals surface area contributed by atoms with Gasteiger partial charge in [0.05, 0.1) is 0 Å². The third kappa shape index (κ3) is 12.2. The van der Waals surface area contributed by atoms with Gasteiger partial charge in [0.25, 0.3) is 0 Å². The molecule has 0 bridgehead atoms. The monoisotopic (exact) mass is 443 g/mol. The van der Waals surface area contributed by atoms with Gasteiger partial charge in [-0.3, -0.25) is 0 Å². The molecule has 2 saturated heterocycles. The zero-order valence-electron chi connectivity index (χ0n) is 20.6. The molecule has 0 saturated carbocycles. The maximum absolute atomic E-state index is 11.7. The van der Waals surface area contributed by atoms with Crippen molar-refractivity contribution in [2.75, 3.05) is 45.8 Å². The number of hydrogen-bond donors (Lipinski definition) is 0. The van der Waals surface area contributed by atoms with Crippen LogP contribution in [0.15, 0.2) is 0 Å². The summed E-state index contributed by atoms with van der Waals surface area (Å²) < 4.78 is 10.6. The average molecular weight is 444 g/mol. The van der Waals surface area contributed by atoms with Crippen LogP contribution in [0.5, 0.6) is 0 Å². The first-order valence-electron chi connectivity index (χ1n) is 11.5. The Morgan fingerprint density at radius 3 is 1.45 bits per heavy atom. The molecule has 0 N–H and O–H groups in total. The van der Waals surface area contributed by atoms with E-state index in [1.807, 2.05) is 46.4 Å². The summed E-state index contributed by atoms with van der Waals surface area (Å²) in [5.41, 5.74) is -0.766. The fourth-order valence-corrected chi connectivity index (χ4v) is 3.42. The molecule has 2 heterocycles. The molecule has 0 atom stereocenters. The van der Waals surface area contributed by atoms with Crippen LogP contribution >= 0.6 is 0 Å². The minimum atomic E-state index is -0.390. The van der Waals surface area contributed by atoms with Gasteiger partial charge in [-0.25, -0.2) is 9.59 Å². The molecule has 0 aromatic rings. The average Bonchev–Trinajstić information content (AvgIpc) is 2.66. The standard InChI is InChI=1S/C12H23NO2.C11H22N2O2.CH4/c1-5-10-6-8-13(9-7-10)11(14)15-12(2,3)4;1-5-12-6-8-13(9-7-12)10(14)15-11(2,3)4;/h10H,5-9H2,1-4H3;5-9H2,1-4H3;1H4. The molecule has 0 aliphatic carbocycles. The summed E-state index contributed by atoms with van der Waals surface area (Å²) in [6.45, 7) is 22.0. The summed E-state index contributed by atoms with van der Waals surface area (Å²) in [6.07, 6.45) is 3.13. The number of rotatable bonds is 2. The van der Waals surface area contributed by atoms with E-state index in [0.29, 0.717) is 0 Å². The number of amides is 2. The SMILES string of the molecule is C.CCC1CCN(C(=O)OC(C)(C)C)CC1.CCN1CCN(C(=O)OC(C)(C)C)CC1. The van der Waals surface area contributed by atoms with Gasteiger partial charge in [0, 0.05) is 39.3 Å². The van der Waals surface area contributed by atoms with Crippen molar-refractivity contribution in [3.63, 3.8) is 0 Å². The van der Waals surface area contributed by atoms with Crippen LogP contribution in [-0.4, -0.2) is 83.9 Å². The first kappa shape index (κ1) is 29.5. The van der Waals surface area contributed by atoms with E-state index in [-0.39, 0.29) is 30.8 Å². The summed E-state index contributed by atoms with van der Waals surface area (Å²) in [7, 11) is 0. The van der Waals surface area contributed by atoms with Crippen LogP contribution in [0.3, 0.4) is 0 Å². The lowest BCUT2D eigenvalue weighted by atomic mass is 9.95. The highest BCUT2D eigenvalue weighted by molar-refractivity contribution is 5.68. The Morgan fingerprint density at radius 1 is 0.742 bits per heavy atom. The van der Waals surface area contributed by atoms with Crippen molar-refractivity contribution in [1.29, 1.82) is 0 Å². The molecule has 0 radical (unpaired) electrons. The van der Waals surface area contributed by atoms with E-state index >= 15 is 0 Å². The van der Waals surface area contributed by atoms with Gasteiger partial charge in [0.2, 0.25) is 0 Å². The molecule has 2 rings (SSSR count). The largest absolute Gasteiger partial charge is 0.444 e. The van der Waals surface area contributed by atoms with Crippen LogP contribution in [0.25, 0.3) is 0 Å². The normalized spacial score (nSPS) is 18.5. The molecule has 184 valence electrons. The Bertz CT molecular complexity index is 476. The number of likely N-dealkylation sites (tertiary alicyclic amines) is 1. The van der Waals surface area contributed by atoms with Crippen molar-refractivity contribution >= 4 is 12.2 Å². The molecule has 0 aromatic heterocycles. The molecule has 31 heavy (non-hydrogen) atoms. The number of carbonyl (C=O) groups excluding carboxylic acids is 2. The maximum Gasteiger partial charge on any atom is 0.410 e. The Labute approximate surface area is 191 Å². The molecule has 0 unspecified atom stereocenters. The van der Waals surface area contributed by atoms with Gasteiger partial charge in [-0.1, -0.05) is 27.7 Å². The lowest BCUT2D eigenvalue weighted by molar-refractivity contribution is 0.0146. The summed E-state index contributed by atoms with van der Waals surface area (Å²) in [6, 6.07) is 0. The van der Waals surface area contributed by atoms with Gasteiger partial charge < -0.3 is 24.2 Å². The first-order chi connectivity index (χ1) is 13.8. The van der Waals surface area contributed by atoms with Gasteiger partial charge in [-0.05, 0) is 66.8 Å². The highest BCUT2D eigenvalue weighted by Crippen LogP contribution is 2.21. The quantitative estimate of drug-likeness (QED) is 0.584. The second kappa shape index (κ2) is 13.1. The van der Waals surface area contributed by atoms with E-state index in [4.69, 9.17) is 9.47 Å². The number of ether oxygens (including phenoxy) is 2. The van der Waals surface area contributed by atoms with E-state index < -0.39 is 0 Å². The summed E-state index contributed by atoms with van der Waals surface area (Å²) >= 11 is 0. The van der Waals surface area contributed by atoms with Crippen LogP contribution in [0.4, 0.5) is 9.59 Å². The second-order valence-electron chi connectivity index (χ2n) is 10.2. The molecule has 2 amide bonds. The number of likely N-dealkylation sites (N-methyl/N-ethyl adjacent to an activating group) is 1. The minimum Gasteiger partial charge on any atom is -0.444 e. The van der Waals surface area contributed by atoms with Gasteiger partial charge >= 0.3 is 12.2 Å². The number of piperidine rings is 1. The number of piperazine rings is 1. The lowest BCUT2D eigenvalue weighted by Crippen LogP contribution is -2.49. The maximum atomic E-state index is 11.7. The molecular weight excluding hydrogens is 394 g/mol. The van der Waals surface area contributed by atoms with E-state index in [9.17, 15) is 9.59 Å². The third-order valence-corrected chi connectivity index (χ3v) is 5.31. The van der Waals surface area contributed by atoms with E-state index in [1.54, 1.807) is 4.90 Å². The third-order valence-electron chi connectivity index (χ3n) is 5.31. The molecule has 2 aliphatic rings. The predicted molar refractivity (Wildman–Crippen MR) is 127 cm³/mol. The Hall–Kier alpha value is -1.50. The lowest BCUT2D eigenvalue weighted by Gasteiger charge is -2.35.